The molecule has 3 heterocycles. The summed E-state index contributed by atoms with van der Waals surface area (Å²) in [4.78, 5) is 16.8. The summed E-state index contributed by atoms with van der Waals surface area (Å²) < 4.78 is 1.87. The number of hydrogen-bond donors (Lipinski definition) is 1. The van der Waals surface area contributed by atoms with Gasteiger partial charge in [-0.05, 0) is 46.0 Å². The van der Waals surface area contributed by atoms with Crippen molar-refractivity contribution in [3.8, 4) is 5.69 Å². The van der Waals surface area contributed by atoms with E-state index < -0.39 is 0 Å². The van der Waals surface area contributed by atoms with Gasteiger partial charge in [0.05, 0.1) is 17.8 Å². The standard InChI is InChI=1S/C22H29N7O/c1-16-6-8-19(9-7-16)29-15-18-13-24-25-21(20(18)26-29)28-11-4-5-17(14-28)22(30)23-10-12-27(2)3/h6-9,13,15,17H,4-5,10-12,14H2,1-3H3,(H,23,30)/t17-/m0/s1. The Morgan fingerprint density at radius 1 is 1.27 bits per heavy atom. The monoisotopic (exact) mass is 407 g/mol. The van der Waals surface area contributed by atoms with Crippen LogP contribution in [0.15, 0.2) is 36.7 Å². The van der Waals surface area contributed by atoms with Gasteiger partial charge in [0.15, 0.2) is 5.82 Å². The lowest BCUT2D eigenvalue weighted by atomic mass is 9.97. The second-order valence-corrected chi connectivity index (χ2v) is 8.26. The van der Waals surface area contributed by atoms with Crippen LogP contribution in [0, 0.1) is 12.8 Å². The molecule has 1 aromatic carbocycles. The first kappa shape index (κ1) is 20.3. The summed E-state index contributed by atoms with van der Waals surface area (Å²) in [7, 11) is 4.01. The van der Waals surface area contributed by atoms with Crippen molar-refractivity contribution >= 4 is 22.6 Å². The van der Waals surface area contributed by atoms with Gasteiger partial charge in [0.25, 0.3) is 0 Å². The van der Waals surface area contributed by atoms with Crippen molar-refractivity contribution in [2.75, 3.05) is 45.2 Å². The van der Waals surface area contributed by atoms with E-state index in [1.54, 1.807) is 6.20 Å². The number of nitrogens with zero attached hydrogens (tertiary/aromatic N) is 6. The number of piperidine rings is 1. The number of amides is 1. The zero-order valence-electron chi connectivity index (χ0n) is 17.9. The van der Waals surface area contributed by atoms with Crippen LogP contribution in [0.4, 0.5) is 5.82 Å². The van der Waals surface area contributed by atoms with Gasteiger partial charge in [-0.2, -0.15) is 10.2 Å². The van der Waals surface area contributed by atoms with Crippen LogP contribution in [0.3, 0.4) is 0 Å². The predicted molar refractivity (Wildman–Crippen MR) is 118 cm³/mol. The number of hydrogen-bond acceptors (Lipinski definition) is 6. The van der Waals surface area contributed by atoms with Gasteiger partial charge in [-0.15, -0.1) is 5.10 Å². The number of likely N-dealkylation sites (N-methyl/N-ethyl adjacent to an activating group) is 1. The average Bonchev–Trinajstić information content (AvgIpc) is 3.18. The van der Waals surface area contributed by atoms with Crippen molar-refractivity contribution in [3.63, 3.8) is 0 Å². The van der Waals surface area contributed by atoms with Gasteiger partial charge in [0.1, 0.15) is 5.52 Å². The highest BCUT2D eigenvalue weighted by atomic mass is 16.1. The lowest BCUT2D eigenvalue weighted by Crippen LogP contribution is -2.44. The molecule has 4 rings (SSSR count). The highest BCUT2D eigenvalue weighted by Crippen LogP contribution is 2.27. The van der Waals surface area contributed by atoms with Gasteiger partial charge >= 0.3 is 0 Å². The van der Waals surface area contributed by atoms with E-state index in [0.29, 0.717) is 13.1 Å². The van der Waals surface area contributed by atoms with Gasteiger partial charge in [-0.3, -0.25) is 4.79 Å². The van der Waals surface area contributed by atoms with Gasteiger partial charge in [0.2, 0.25) is 5.91 Å². The summed E-state index contributed by atoms with van der Waals surface area (Å²) in [5.74, 6) is 0.827. The maximum absolute atomic E-state index is 12.6. The largest absolute Gasteiger partial charge is 0.355 e. The van der Waals surface area contributed by atoms with Crippen LogP contribution in [0.1, 0.15) is 18.4 Å². The summed E-state index contributed by atoms with van der Waals surface area (Å²) >= 11 is 0. The fourth-order valence-electron chi connectivity index (χ4n) is 3.82. The number of aromatic nitrogens is 4. The third-order valence-electron chi connectivity index (χ3n) is 5.55. The molecule has 30 heavy (non-hydrogen) atoms. The summed E-state index contributed by atoms with van der Waals surface area (Å²) in [6, 6.07) is 8.25. The van der Waals surface area contributed by atoms with E-state index >= 15 is 0 Å². The third kappa shape index (κ3) is 4.43. The molecular formula is C22H29N7O. The summed E-state index contributed by atoms with van der Waals surface area (Å²) in [6.07, 6.45) is 5.56. The Bertz CT molecular complexity index is 1010. The van der Waals surface area contributed by atoms with Crippen LogP contribution in [-0.4, -0.2) is 71.1 Å². The number of fused-ring (bicyclic) bond motifs is 1. The lowest BCUT2D eigenvalue weighted by molar-refractivity contribution is -0.125. The summed E-state index contributed by atoms with van der Waals surface area (Å²) in [5.41, 5.74) is 3.03. The number of benzene rings is 1. The van der Waals surface area contributed by atoms with E-state index in [1.807, 2.05) is 25.0 Å². The molecule has 0 saturated carbocycles. The number of anilines is 1. The predicted octanol–water partition coefficient (Wildman–Crippen LogP) is 2.02. The Labute approximate surface area is 176 Å². The number of rotatable bonds is 6. The maximum Gasteiger partial charge on any atom is 0.224 e. The molecule has 1 atom stereocenters. The Balaban J connectivity index is 1.53. The zero-order chi connectivity index (χ0) is 21.1. The van der Waals surface area contributed by atoms with Crippen molar-refractivity contribution in [1.29, 1.82) is 0 Å². The van der Waals surface area contributed by atoms with Crippen molar-refractivity contribution in [1.82, 2.24) is 30.2 Å². The molecule has 0 spiro atoms. The highest BCUT2D eigenvalue weighted by Gasteiger charge is 2.28. The minimum Gasteiger partial charge on any atom is -0.355 e. The zero-order valence-corrected chi connectivity index (χ0v) is 17.9. The Kier molecular flexibility index (Phi) is 5.94. The number of carbonyl (C=O) groups excluding carboxylic acids is 1. The molecule has 0 unspecified atom stereocenters. The van der Waals surface area contributed by atoms with Crippen molar-refractivity contribution in [2.45, 2.75) is 19.8 Å². The normalized spacial score (nSPS) is 16.9. The minimum absolute atomic E-state index is 0.0443. The van der Waals surface area contributed by atoms with Gasteiger partial charge in [-0.25, -0.2) is 4.68 Å². The molecule has 1 aliphatic rings. The smallest absolute Gasteiger partial charge is 0.224 e. The number of carbonyl (C=O) groups is 1. The number of nitrogens with one attached hydrogen (secondary N) is 1. The molecule has 1 amide bonds. The third-order valence-corrected chi connectivity index (χ3v) is 5.55. The molecule has 0 bridgehead atoms. The molecule has 1 aliphatic heterocycles. The molecule has 0 aliphatic carbocycles. The summed E-state index contributed by atoms with van der Waals surface area (Å²) in [6.45, 7) is 5.06. The Morgan fingerprint density at radius 2 is 2.07 bits per heavy atom. The van der Waals surface area contributed by atoms with Crippen LogP contribution >= 0.6 is 0 Å². The maximum atomic E-state index is 12.6. The molecule has 1 saturated heterocycles. The summed E-state index contributed by atoms with van der Waals surface area (Å²) in [5, 5.41) is 17.4. The van der Waals surface area contributed by atoms with E-state index in [1.165, 1.54) is 5.56 Å². The molecule has 3 aromatic rings. The van der Waals surface area contributed by atoms with E-state index in [4.69, 9.17) is 5.10 Å². The van der Waals surface area contributed by atoms with Gasteiger partial charge < -0.3 is 15.1 Å². The molecule has 0 radical (unpaired) electrons. The Hall–Kier alpha value is -3.00. The quantitative estimate of drug-likeness (QED) is 0.674. The molecular weight excluding hydrogens is 378 g/mol. The van der Waals surface area contributed by atoms with Crippen LogP contribution in [-0.2, 0) is 4.79 Å². The molecule has 1 fully saturated rings. The average molecular weight is 408 g/mol. The SMILES string of the molecule is Cc1ccc(-n2cc3cnnc(N4CCC[C@H](C(=O)NCCN(C)C)C4)c3n2)cc1. The number of aryl methyl sites for hydroxylation is 1. The molecule has 8 heteroatoms. The first-order chi connectivity index (χ1) is 14.5. The molecule has 2 aromatic heterocycles. The minimum atomic E-state index is -0.0443. The Morgan fingerprint density at radius 3 is 2.83 bits per heavy atom. The van der Waals surface area contributed by atoms with Crippen LogP contribution in [0.25, 0.3) is 16.6 Å². The van der Waals surface area contributed by atoms with E-state index in [0.717, 1.165) is 48.3 Å². The van der Waals surface area contributed by atoms with E-state index in [9.17, 15) is 4.79 Å². The van der Waals surface area contributed by atoms with Crippen LogP contribution < -0.4 is 10.2 Å². The van der Waals surface area contributed by atoms with Gasteiger partial charge in [-0.1, -0.05) is 17.7 Å². The molecule has 1 N–H and O–H groups in total. The topological polar surface area (TPSA) is 79.2 Å². The molecule has 8 nitrogen and oxygen atoms in total. The van der Waals surface area contributed by atoms with Crippen molar-refractivity contribution < 1.29 is 4.79 Å². The fourth-order valence-corrected chi connectivity index (χ4v) is 3.82. The van der Waals surface area contributed by atoms with Gasteiger partial charge in [0, 0.05) is 37.8 Å². The first-order valence-corrected chi connectivity index (χ1v) is 10.5. The highest BCUT2D eigenvalue weighted by molar-refractivity contribution is 5.88. The van der Waals surface area contributed by atoms with E-state index in [-0.39, 0.29) is 11.8 Å². The second-order valence-electron chi connectivity index (χ2n) is 8.26. The molecule has 158 valence electrons. The van der Waals surface area contributed by atoms with E-state index in [2.05, 4.69) is 56.5 Å². The second kappa shape index (κ2) is 8.79. The fraction of sp³-hybridized carbons (Fsp3) is 0.455. The first-order valence-electron chi connectivity index (χ1n) is 10.5. The van der Waals surface area contributed by atoms with Crippen LogP contribution in [0.2, 0.25) is 0 Å². The van der Waals surface area contributed by atoms with Crippen molar-refractivity contribution in [3.05, 3.63) is 42.2 Å². The lowest BCUT2D eigenvalue weighted by Gasteiger charge is -2.32. The van der Waals surface area contributed by atoms with Crippen LogP contribution in [0.5, 0.6) is 0 Å². The van der Waals surface area contributed by atoms with Crippen molar-refractivity contribution in [2.24, 2.45) is 5.92 Å².